The van der Waals surface area contributed by atoms with Gasteiger partial charge in [-0.15, -0.1) is 0 Å². The fourth-order valence-corrected chi connectivity index (χ4v) is 7.21. The molecule has 8 aromatic rings. The lowest BCUT2D eigenvalue weighted by molar-refractivity contribution is 1.03. The fourth-order valence-electron chi connectivity index (χ4n) is 7.21. The van der Waals surface area contributed by atoms with Gasteiger partial charge in [0, 0.05) is 27.2 Å². The zero-order chi connectivity index (χ0) is 31.5. The molecule has 1 aliphatic rings. The molecule has 47 heavy (non-hydrogen) atoms. The molecule has 0 unspecified atom stereocenters. The quantitative estimate of drug-likeness (QED) is 0.198. The molecule has 9 rings (SSSR count). The average molecular weight is 601 g/mol. The van der Waals surface area contributed by atoms with Crippen LogP contribution in [0.1, 0.15) is 16.8 Å². The molecular weight excluding hydrogens is 573 g/mol. The number of pyridine rings is 1. The lowest BCUT2D eigenvalue weighted by atomic mass is 10.0. The molecule has 0 radical (unpaired) electrons. The van der Waals surface area contributed by atoms with Crippen LogP contribution in [0.4, 0.5) is 0 Å². The maximum atomic E-state index is 10.1. The van der Waals surface area contributed by atoms with Gasteiger partial charge in [-0.3, -0.25) is 4.57 Å². The molecule has 0 aliphatic heterocycles. The van der Waals surface area contributed by atoms with Crippen LogP contribution < -0.4 is 0 Å². The summed E-state index contributed by atoms with van der Waals surface area (Å²) in [5.41, 5.74) is 9.00. The Hall–Kier alpha value is -6.44. The molecule has 3 heterocycles. The van der Waals surface area contributed by atoms with E-state index in [-0.39, 0.29) is 0 Å². The number of nitrogens with zero attached hydrogens (tertiary/aromatic N) is 4. The summed E-state index contributed by atoms with van der Waals surface area (Å²) in [5.74, 6) is 0.717. The van der Waals surface area contributed by atoms with Gasteiger partial charge in [-0.25, -0.2) is 4.98 Å². The highest BCUT2D eigenvalue weighted by molar-refractivity contribution is 6.21. The van der Waals surface area contributed by atoms with E-state index in [2.05, 4.69) is 125 Å². The zero-order valence-corrected chi connectivity index (χ0v) is 25.6. The predicted octanol–water partition coefficient (Wildman–Crippen LogP) is 10.5. The second-order valence-corrected chi connectivity index (χ2v) is 12.0. The summed E-state index contributed by atoms with van der Waals surface area (Å²) in [5, 5.41) is 17.1. The Balaban J connectivity index is 1.37. The number of benzene rings is 5. The third-order valence-corrected chi connectivity index (χ3v) is 9.30. The molecule has 1 aliphatic carbocycles. The Labute approximate surface area is 271 Å². The molecule has 0 amide bonds. The van der Waals surface area contributed by atoms with Gasteiger partial charge in [0.1, 0.15) is 5.82 Å². The number of hydrogen-bond acceptors (Lipinski definition) is 2. The average Bonchev–Trinajstić information content (AvgIpc) is 3.62. The van der Waals surface area contributed by atoms with Crippen molar-refractivity contribution in [2.24, 2.45) is 0 Å². The van der Waals surface area contributed by atoms with Gasteiger partial charge in [-0.1, -0.05) is 104 Å². The van der Waals surface area contributed by atoms with Crippen LogP contribution in [0, 0.1) is 11.3 Å². The predicted molar refractivity (Wildman–Crippen MR) is 195 cm³/mol. The van der Waals surface area contributed by atoms with Crippen LogP contribution in [0.3, 0.4) is 0 Å². The van der Waals surface area contributed by atoms with Gasteiger partial charge in [0.15, 0.2) is 0 Å². The van der Waals surface area contributed by atoms with Crippen molar-refractivity contribution in [2.45, 2.75) is 6.42 Å². The number of allylic oxidation sites excluding steroid dienone is 6. The Morgan fingerprint density at radius 3 is 2.32 bits per heavy atom. The normalized spacial score (nSPS) is 15.3. The summed E-state index contributed by atoms with van der Waals surface area (Å²) in [7, 11) is 0. The van der Waals surface area contributed by atoms with E-state index in [0.717, 1.165) is 51.0 Å². The van der Waals surface area contributed by atoms with Gasteiger partial charge in [-0.05, 0) is 76.9 Å². The van der Waals surface area contributed by atoms with E-state index in [1.54, 1.807) is 0 Å². The van der Waals surface area contributed by atoms with Crippen LogP contribution in [0.15, 0.2) is 152 Å². The molecule has 0 atom stereocenters. The molecule has 4 heteroatoms. The summed E-state index contributed by atoms with van der Waals surface area (Å²) in [6.07, 6.45) is 13.2. The third-order valence-electron chi connectivity index (χ3n) is 9.30. The Bertz CT molecular complexity index is 2740. The third kappa shape index (κ3) is 4.18. The number of aromatic nitrogens is 3. The maximum absolute atomic E-state index is 10.1. The first-order valence-electron chi connectivity index (χ1n) is 15.8. The van der Waals surface area contributed by atoms with E-state index in [1.165, 1.54) is 38.1 Å². The summed E-state index contributed by atoms with van der Waals surface area (Å²) < 4.78 is 4.59. The zero-order valence-electron chi connectivity index (χ0n) is 25.6. The highest BCUT2D eigenvalue weighted by Crippen LogP contribution is 2.39. The van der Waals surface area contributed by atoms with Crippen LogP contribution in [0.5, 0.6) is 0 Å². The lowest BCUT2D eigenvalue weighted by Gasteiger charge is -2.12. The van der Waals surface area contributed by atoms with Gasteiger partial charge >= 0.3 is 0 Å². The van der Waals surface area contributed by atoms with Gasteiger partial charge in [-0.2, -0.15) is 5.26 Å². The largest absolute Gasteiger partial charge is 0.309 e. The minimum atomic E-state index is 0.603. The topological polar surface area (TPSA) is 46.5 Å². The standard InChI is InChI=1S/C43H28N4/c1-28-11-3-2-4-15-34-36-26-31(46-38-18-10-8-16-35(38)43-33-14-6-5-12-29(33)20-23-41(43)46)21-24-40(36)47(39(34)22-19-28)42-25-30(27-44)32-13-7-9-17-37(32)45-42/h2-14,16-26H,1,15H2/b4-2-,11-3-,22-19-. The Morgan fingerprint density at radius 2 is 1.43 bits per heavy atom. The molecule has 0 spiro atoms. The van der Waals surface area contributed by atoms with E-state index < -0.39 is 0 Å². The second kappa shape index (κ2) is 10.6. The number of rotatable bonds is 2. The second-order valence-electron chi connectivity index (χ2n) is 12.0. The number of para-hydroxylation sites is 2. The van der Waals surface area contributed by atoms with E-state index in [0.29, 0.717) is 5.56 Å². The van der Waals surface area contributed by atoms with Crippen molar-refractivity contribution < 1.29 is 0 Å². The van der Waals surface area contributed by atoms with Crippen molar-refractivity contribution in [1.29, 1.82) is 5.26 Å². The molecule has 0 fully saturated rings. The van der Waals surface area contributed by atoms with Gasteiger partial charge in [0.25, 0.3) is 0 Å². The van der Waals surface area contributed by atoms with E-state index in [4.69, 9.17) is 4.98 Å². The minimum absolute atomic E-state index is 0.603. The Kier molecular flexibility index (Phi) is 6.06. The molecule has 220 valence electrons. The molecule has 0 N–H and O–H groups in total. The van der Waals surface area contributed by atoms with Crippen LogP contribution >= 0.6 is 0 Å². The van der Waals surface area contributed by atoms with Crippen molar-refractivity contribution in [3.8, 4) is 17.6 Å². The highest BCUT2D eigenvalue weighted by atomic mass is 15.1. The number of nitriles is 1. The van der Waals surface area contributed by atoms with Crippen molar-refractivity contribution in [1.82, 2.24) is 14.1 Å². The van der Waals surface area contributed by atoms with E-state index in [1.807, 2.05) is 42.5 Å². The minimum Gasteiger partial charge on any atom is -0.309 e. The maximum Gasteiger partial charge on any atom is 0.139 e. The SMILES string of the molecule is C=C1/C=C\C=C/Cc2c(n(-c3cc(C#N)c4ccccc4n3)c3ccc(-n4c5ccccc5c5c6ccccc6ccc54)cc23)/C=C\1. The molecule has 4 nitrogen and oxygen atoms in total. The molecule has 0 saturated heterocycles. The van der Waals surface area contributed by atoms with Gasteiger partial charge in [0.2, 0.25) is 0 Å². The van der Waals surface area contributed by atoms with Crippen LogP contribution in [-0.2, 0) is 6.42 Å². The van der Waals surface area contributed by atoms with Gasteiger partial charge < -0.3 is 4.57 Å². The first kappa shape index (κ1) is 26.9. The van der Waals surface area contributed by atoms with Crippen LogP contribution in [-0.4, -0.2) is 14.1 Å². The van der Waals surface area contributed by atoms with E-state index >= 15 is 0 Å². The summed E-state index contributed by atoms with van der Waals surface area (Å²) in [4.78, 5) is 5.10. The fraction of sp³-hybridized carbons (Fsp3) is 0.0233. The first-order valence-corrected chi connectivity index (χ1v) is 15.8. The number of fused-ring (bicyclic) bond motifs is 9. The molecule has 0 bridgehead atoms. The van der Waals surface area contributed by atoms with Crippen LogP contribution in [0.25, 0.3) is 72.0 Å². The highest BCUT2D eigenvalue weighted by Gasteiger charge is 2.21. The van der Waals surface area contributed by atoms with Crippen molar-refractivity contribution in [2.75, 3.05) is 0 Å². The van der Waals surface area contributed by atoms with Gasteiger partial charge in [0.05, 0.1) is 39.4 Å². The monoisotopic (exact) mass is 600 g/mol. The Morgan fingerprint density at radius 1 is 0.660 bits per heavy atom. The van der Waals surface area contributed by atoms with Crippen molar-refractivity contribution in [3.63, 3.8) is 0 Å². The van der Waals surface area contributed by atoms with Crippen molar-refractivity contribution >= 4 is 60.5 Å². The van der Waals surface area contributed by atoms with Crippen LogP contribution in [0.2, 0.25) is 0 Å². The first-order chi connectivity index (χ1) is 23.2. The molecule has 3 aromatic heterocycles. The summed E-state index contributed by atoms with van der Waals surface area (Å²) >= 11 is 0. The number of hydrogen-bond donors (Lipinski definition) is 0. The van der Waals surface area contributed by atoms with E-state index in [9.17, 15) is 5.26 Å². The molecular formula is C43H28N4. The summed E-state index contributed by atoms with van der Waals surface area (Å²) in [6.45, 7) is 4.23. The lowest BCUT2D eigenvalue weighted by Crippen LogP contribution is -2.02. The molecule has 0 saturated carbocycles. The van der Waals surface area contributed by atoms with Crippen molar-refractivity contribution in [3.05, 3.63) is 169 Å². The molecule has 5 aromatic carbocycles. The smallest absolute Gasteiger partial charge is 0.139 e. The summed E-state index contributed by atoms with van der Waals surface area (Å²) in [6, 6.07) is 40.7.